The molecule has 0 bridgehead atoms. The molecule has 5 rings (SSSR count). The lowest BCUT2D eigenvalue weighted by atomic mass is 10.1. The summed E-state index contributed by atoms with van der Waals surface area (Å²) < 4.78 is 14.3. The third-order valence-electron chi connectivity index (χ3n) is 5.89. The number of aliphatic hydroxyl groups is 5. The molecular weight excluding hydrogens is 600 g/mol. The van der Waals surface area contributed by atoms with Crippen LogP contribution in [0.4, 0.5) is 11.6 Å². The van der Waals surface area contributed by atoms with Gasteiger partial charge in [-0.15, -0.1) is 0 Å². The molecule has 3 aromatic heterocycles. The topological polar surface area (TPSA) is 256 Å². The number of aliphatic hydroxyl groups excluding tert-OH is 5. The molecule has 19 heteroatoms. The average Bonchev–Trinajstić information content (AvgIpc) is 3.43. The minimum atomic E-state index is -1.18. The fourth-order valence-corrected chi connectivity index (χ4v) is 4.41. The molecular formula is C22H30N8O8S3. The minimum Gasteiger partial charge on any atom is -0.394 e. The quantitative estimate of drug-likeness (QED) is 0.158. The summed E-state index contributed by atoms with van der Waals surface area (Å²) in [5.74, 6) is 0.808. The van der Waals surface area contributed by atoms with Gasteiger partial charge in [0.05, 0.1) is 19.3 Å². The zero-order valence-electron chi connectivity index (χ0n) is 21.3. The monoisotopic (exact) mass is 630 g/mol. The van der Waals surface area contributed by atoms with Gasteiger partial charge >= 0.3 is 5.69 Å². The summed E-state index contributed by atoms with van der Waals surface area (Å²) in [6, 6.07) is 4.72. The maximum Gasteiger partial charge on any atom is 0.328 e. The van der Waals surface area contributed by atoms with Gasteiger partial charge in [-0.2, -0.15) is 0 Å². The summed E-state index contributed by atoms with van der Waals surface area (Å²) in [7, 11) is 0. The average molecular weight is 631 g/mol. The van der Waals surface area contributed by atoms with Crippen LogP contribution in [0.5, 0.6) is 0 Å². The lowest BCUT2D eigenvalue weighted by Gasteiger charge is -2.18. The Morgan fingerprint density at radius 2 is 1.63 bits per heavy atom. The number of rotatable bonds is 4. The molecule has 7 atom stereocenters. The van der Waals surface area contributed by atoms with Crippen LogP contribution in [0.25, 0.3) is 0 Å². The largest absolute Gasteiger partial charge is 0.394 e. The number of anilines is 2. The third kappa shape index (κ3) is 8.52. The molecule has 11 N–H and O–H groups in total. The van der Waals surface area contributed by atoms with Crippen LogP contribution >= 0.6 is 36.7 Å². The Morgan fingerprint density at radius 3 is 2.15 bits per heavy atom. The normalized spacial score (nSPS) is 26.9. The van der Waals surface area contributed by atoms with E-state index in [0.29, 0.717) is 15.2 Å². The number of hydrogen-bond acceptors (Lipinski definition) is 15. The Balaban J connectivity index is 0.000000180. The van der Waals surface area contributed by atoms with Crippen LogP contribution in [-0.4, -0.2) is 98.3 Å². The van der Waals surface area contributed by atoms with E-state index < -0.39 is 43.0 Å². The molecule has 0 amide bonds. The molecule has 2 saturated heterocycles. The van der Waals surface area contributed by atoms with Crippen molar-refractivity contribution in [2.75, 3.05) is 24.7 Å². The van der Waals surface area contributed by atoms with Crippen LogP contribution in [0.15, 0.2) is 41.6 Å². The summed E-state index contributed by atoms with van der Waals surface area (Å²) in [6.07, 6.45) is -1.14. The molecule has 2 aliphatic rings. The molecule has 224 valence electrons. The Labute approximate surface area is 247 Å². The van der Waals surface area contributed by atoms with Crippen molar-refractivity contribution >= 4 is 48.3 Å². The molecule has 16 nitrogen and oxygen atoms in total. The molecule has 0 aromatic carbocycles. The fraction of sp³-hybridized carbons (Fsp3) is 0.455. The van der Waals surface area contributed by atoms with E-state index in [1.807, 2.05) is 0 Å². The second-order valence-corrected chi connectivity index (χ2v) is 9.93. The lowest BCUT2D eigenvalue weighted by molar-refractivity contribution is -0.0540. The van der Waals surface area contributed by atoms with Crippen molar-refractivity contribution < 1.29 is 35.0 Å². The Hall–Kier alpha value is -2.98. The number of nitrogen functional groups attached to an aromatic ring is 2. The molecule has 2 aliphatic heterocycles. The molecule has 41 heavy (non-hydrogen) atoms. The molecule has 0 spiro atoms. The number of nitrogens with one attached hydrogen (secondary N) is 2. The standard InChI is InChI=1S/C9H13N3O4S.C9H12N2O4S.C4H5N3S/c10-5-1-2-12(9(17)11-5)8-7(15)6(14)4(3-13)16-8;12-4-6-5(13)3-8(15-6)11-2-1-7(16)10-9(11)14;5-3-1-2-6-4(8)7-3/h1-2,4,6-8,13-15H,3H2,(H2,10,11,17);1-2,5-6,8,12-13H,3-4H2,(H,10,14,16);1-2H,(H3,5,6,7,8)/t4-,6-,7-,8-;5-,6+,8+;/m10./s1. The van der Waals surface area contributed by atoms with Gasteiger partial charge in [0.1, 0.15) is 46.9 Å². The highest BCUT2D eigenvalue weighted by Crippen LogP contribution is 2.29. The second kappa shape index (κ2) is 14.8. The Kier molecular flexibility index (Phi) is 11.7. The smallest absolute Gasteiger partial charge is 0.328 e. The third-order valence-corrected chi connectivity index (χ3v) is 6.63. The Morgan fingerprint density at radius 1 is 0.951 bits per heavy atom. The maximum absolute atomic E-state index is 11.5. The van der Waals surface area contributed by atoms with E-state index in [4.69, 9.17) is 55.6 Å². The Bertz CT molecular complexity index is 1530. The number of aromatic amines is 2. The van der Waals surface area contributed by atoms with Gasteiger partial charge in [0.15, 0.2) is 11.0 Å². The first-order valence-corrected chi connectivity index (χ1v) is 13.2. The van der Waals surface area contributed by atoms with Gasteiger partial charge in [-0.1, -0.05) is 12.2 Å². The molecule has 0 unspecified atom stereocenters. The van der Waals surface area contributed by atoms with Gasteiger partial charge in [-0.05, 0) is 42.6 Å². The fourth-order valence-electron chi connectivity index (χ4n) is 3.82. The number of nitrogens with two attached hydrogens (primary N) is 2. The van der Waals surface area contributed by atoms with Gasteiger partial charge in [0, 0.05) is 25.0 Å². The van der Waals surface area contributed by atoms with Gasteiger partial charge in [0.25, 0.3) is 0 Å². The number of aromatic nitrogens is 6. The first kappa shape index (κ1) is 32.5. The first-order valence-electron chi connectivity index (χ1n) is 12.0. The maximum atomic E-state index is 11.5. The van der Waals surface area contributed by atoms with Gasteiger partial charge in [0.2, 0.25) is 4.77 Å². The van der Waals surface area contributed by atoms with Gasteiger partial charge in [-0.25, -0.2) is 14.8 Å². The highest BCUT2D eigenvalue weighted by molar-refractivity contribution is 7.71. The SMILES string of the molecule is Nc1ccn([C@@H]2O[C@H](CO)[C@@H](O)[C@H]2O)c(=S)n1.Nc1ccnc(=S)[nH]1.O=c1[nH]c(=S)ccn1[C@H]1C[C@H](O)[C@@H](CO)O1. The van der Waals surface area contributed by atoms with Crippen molar-refractivity contribution in [3.05, 3.63) is 61.5 Å². The van der Waals surface area contributed by atoms with Crippen molar-refractivity contribution in [2.24, 2.45) is 0 Å². The number of nitrogens with zero attached hydrogens (tertiary/aromatic N) is 4. The van der Waals surface area contributed by atoms with Gasteiger partial charge in [-0.3, -0.25) is 14.1 Å². The van der Waals surface area contributed by atoms with E-state index in [9.17, 15) is 20.1 Å². The first-order chi connectivity index (χ1) is 19.4. The van der Waals surface area contributed by atoms with E-state index in [1.165, 1.54) is 27.6 Å². The highest BCUT2D eigenvalue weighted by atomic mass is 32.1. The van der Waals surface area contributed by atoms with E-state index in [-0.39, 0.29) is 35.9 Å². The van der Waals surface area contributed by atoms with E-state index in [0.717, 1.165) is 0 Å². The summed E-state index contributed by atoms with van der Waals surface area (Å²) in [5, 5.41) is 46.8. The molecule has 0 radical (unpaired) electrons. The number of hydrogen-bond donors (Lipinski definition) is 9. The van der Waals surface area contributed by atoms with Crippen LogP contribution in [0.2, 0.25) is 0 Å². The van der Waals surface area contributed by atoms with Crippen molar-refractivity contribution in [3.8, 4) is 0 Å². The van der Waals surface area contributed by atoms with Crippen molar-refractivity contribution in [1.29, 1.82) is 0 Å². The minimum absolute atomic E-state index is 0.139. The predicted octanol–water partition coefficient (Wildman–Crippen LogP) is -0.926. The summed E-state index contributed by atoms with van der Waals surface area (Å²) in [4.78, 5) is 24.2. The van der Waals surface area contributed by atoms with Crippen molar-refractivity contribution in [3.63, 3.8) is 0 Å². The molecule has 5 heterocycles. The van der Waals surface area contributed by atoms with Crippen LogP contribution in [0.3, 0.4) is 0 Å². The van der Waals surface area contributed by atoms with Crippen LogP contribution in [0, 0.1) is 14.2 Å². The molecule has 3 aromatic rings. The molecule has 0 saturated carbocycles. The summed E-state index contributed by atoms with van der Waals surface area (Å²) in [6.45, 7) is -0.653. The van der Waals surface area contributed by atoms with Crippen molar-refractivity contribution in [1.82, 2.24) is 29.1 Å². The van der Waals surface area contributed by atoms with Crippen LogP contribution in [-0.2, 0) is 9.47 Å². The van der Waals surface area contributed by atoms with Gasteiger partial charge < -0.3 is 51.5 Å². The predicted molar refractivity (Wildman–Crippen MR) is 152 cm³/mol. The summed E-state index contributed by atoms with van der Waals surface area (Å²) in [5.41, 5.74) is 10.4. The number of ether oxygens (including phenoxy) is 2. The van der Waals surface area contributed by atoms with E-state index in [1.54, 1.807) is 18.3 Å². The zero-order valence-corrected chi connectivity index (χ0v) is 23.7. The van der Waals surface area contributed by atoms with E-state index in [2.05, 4.69) is 32.2 Å². The number of H-pyrrole nitrogens is 2. The second-order valence-electron chi connectivity index (χ2n) is 8.73. The molecule has 0 aliphatic carbocycles. The highest BCUT2D eigenvalue weighted by Gasteiger charge is 2.43. The van der Waals surface area contributed by atoms with Crippen LogP contribution < -0.4 is 17.2 Å². The zero-order chi connectivity index (χ0) is 30.3. The summed E-state index contributed by atoms with van der Waals surface area (Å²) >= 11 is 14.4. The lowest BCUT2D eigenvalue weighted by Crippen LogP contribution is -2.33. The van der Waals surface area contributed by atoms with E-state index >= 15 is 0 Å². The van der Waals surface area contributed by atoms with Crippen molar-refractivity contribution in [2.45, 2.75) is 49.4 Å². The molecule has 2 fully saturated rings. The van der Waals surface area contributed by atoms with Crippen LogP contribution in [0.1, 0.15) is 18.9 Å².